The van der Waals surface area contributed by atoms with Gasteiger partial charge in [-0.05, 0) is 85.6 Å². The van der Waals surface area contributed by atoms with Gasteiger partial charge in [0.1, 0.15) is 12.4 Å². The number of imide groups is 1. The molecule has 3 saturated heterocycles. The van der Waals surface area contributed by atoms with Crippen molar-refractivity contribution < 1.29 is 47.7 Å². The number of anilines is 2. The van der Waals surface area contributed by atoms with Crippen molar-refractivity contribution >= 4 is 69.4 Å². The minimum Gasteiger partial charge on any atom is -0.461 e. The Balaban J connectivity index is 0.674. The minimum absolute atomic E-state index is 0.0174. The molecule has 1 aromatic heterocycles. The first-order valence-corrected chi connectivity index (χ1v) is 22.5. The van der Waals surface area contributed by atoms with Gasteiger partial charge in [0.05, 0.1) is 68.2 Å². The van der Waals surface area contributed by atoms with E-state index in [0.29, 0.717) is 92.3 Å². The highest BCUT2D eigenvalue weighted by molar-refractivity contribution is 8.00. The number of hydrogen-bond donors (Lipinski definition) is 2. The molecule has 322 valence electrons. The predicted octanol–water partition coefficient (Wildman–Crippen LogP) is 5.42. The van der Waals surface area contributed by atoms with Crippen LogP contribution in [-0.2, 0) is 49.5 Å². The molecule has 4 fully saturated rings. The maximum absolute atomic E-state index is 13.3. The Morgan fingerprint density at radius 3 is 2.28 bits per heavy atom. The SMILES string of the molecule is O=C(CCCOCCOCCOCCC(=O)OCc1ccnc2c(NC(=O)c3ccc(N4C(=O)C5C6C=CC(C6)C5C4=O)cc3)cccc12)CCCC1SCC2CC(=O)NC21. The standard InChI is InChI=1S/C46H52N4O10S/c51-34(4-1-8-37-42-32(27-61-37)25-38(52)49-42)5-3-18-57-20-22-59-23-21-58-19-16-39(53)60-26-31-15-17-47-43-35(31)6-2-7-36(43)48-44(54)28-11-13-33(14-12-28)50-45(55)40-29-9-10-30(24-29)41(40)46(50)56/h2,6-7,9-15,17,29-30,32,37,40-42H,1,3-5,8,16,18-27H2,(H,48,54)(H,49,52). The third-order valence-corrected chi connectivity index (χ3v) is 14.0. The van der Waals surface area contributed by atoms with Gasteiger partial charge in [0, 0.05) is 59.9 Å². The van der Waals surface area contributed by atoms with E-state index in [-0.39, 0.29) is 78.8 Å². The molecular weight excluding hydrogens is 801 g/mol. The average molecular weight is 853 g/mol. The maximum Gasteiger partial charge on any atom is 0.308 e. The molecule has 7 atom stereocenters. The second kappa shape index (κ2) is 19.8. The van der Waals surface area contributed by atoms with Crippen molar-refractivity contribution in [3.8, 4) is 0 Å². The van der Waals surface area contributed by atoms with Gasteiger partial charge in [-0.25, -0.2) is 0 Å². The number of pyridine rings is 1. The lowest BCUT2D eigenvalue weighted by atomic mass is 9.85. The molecule has 2 N–H and O–H groups in total. The second-order valence-electron chi connectivity index (χ2n) is 16.4. The summed E-state index contributed by atoms with van der Waals surface area (Å²) in [6.07, 6.45) is 10.9. The van der Waals surface area contributed by atoms with Gasteiger partial charge in [-0.1, -0.05) is 24.3 Å². The fourth-order valence-electron chi connectivity index (χ4n) is 9.40. The minimum atomic E-state index is -0.416. The quantitative estimate of drug-likeness (QED) is 0.0569. The zero-order valence-corrected chi connectivity index (χ0v) is 34.9. The lowest BCUT2D eigenvalue weighted by Gasteiger charge is -2.17. The number of nitrogens with zero attached hydrogens (tertiary/aromatic N) is 2. The molecule has 5 aliphatic rings. The number of ether oxygens (including phenoxy) is 4. The molecule has 14 nitrogen and oxygen atoms in total. The van der Waals surface area contributed by atoms with Gasteiger partial charge < -0.3 is 29.6 Å². The molecule has 2 bridgehead atoms. The number of esters is 1. The number of rotatable bonds is 22. The lowest BCUT2D eigenvalue weighted by Crippen LogP contribution is -2.34. The van der Waals surface area contributed by atoms with Crippen molar-refractivity contribution in [3.63, 3.8) is 0 Å². The van der Waals surface area contributed by atoms with Crippen molar-refractivity contribution in [2.75, 3.05) is 55.6 Å². The number of ketones is 1. The fourth-order valence-corrected chi connectivity index (χ4v) is 11.0. The third kappa shape index (κ3) is 9.90. The van der Waals surface area contributed by atoms with Crippen LogP contribution in [0.5, 0.6) is 0 Å². The first-order valence-electron chi connectivity index (χ1n) is 21.4. The van der Waals surface area contributed by atoms with Crippen LogP contribution < -0.4 is 15.5 Å². The van der Waals surface area contributed by atoms with Crippen molar-refractivity contribution in [2.45, 2.75) is 69.3 Å². The van der Waals surface area contributed by atoms with Gasteiger partial charge >= 0.3 is 5.97 Å². The van der Waals surface area contributed by atoms with Crippen LogP contribution in [0, 0.1) is 29.6 Å². The highest BCUT2D eigenvalue weighted by atomic mass is 32.2. The second-order valence-corrected chi connectivity index (χ2v) is 17.7. The number of para-hydroxylation sites is 1. The molecule has 8 rings (SSSR count). The third-order valence-electron chi connectivity index (χ3n) is 12.4. The van der Waals surface area contributed by atoms with Gasteiger partial charge in [0.15, 0.2) is 0 Å². The number of fused-ring (bicyclic) bond motifs is 7. The van der Waals surface area contributed by atoms with Gasteiger partial charge in [0.2, 0.25) is 17.7 Å². The number of aromatic nitrogens is 1. The Bertz CT molecular complexity index is 2130. The van der Waals surface area contributed by atoms with Crippen LogP contribution in [0.15, 0.2) is 66.9 Å². The van der Waals surface area contributed by atoms with Gasteiger partial charge in [0.25, 0.3) is 5.91 Å². The van der Waals surface area contributed by atoms with E-state index in [1.165, 1.54) is 4.90 Å². The molecule has 7 unspecified atom stereocenters. The van der Waals surface area contributed by atoms with Gasteiger partial charge in [-0.3, -0.25) is 38.7 Å². The number of amides is 4. The van der Waals surface area contributed by atoms with E-state index in [9.17, 15) is 28.8 Å². The van der Waals surface area contributed by atoms with E-state index in [1.54, 1.807) is 48.7 Å². The zero-order valence-electron chi connectivity index (χ0n) is 34.1. The van der Waals surface area contributed by atoms with Gasteiger partial charge in [-0.15, -0.1) is 0 Å². The van der Waals surface area contributed by atoms with Crippen LogP contribution in [0.2, 0.25) is 0 Å². The summed E-state index contributed by atoms with van der Waals surface area (Å²) in [7, 11) is 0. The molecule has 61 heavy (non-hydrogen) atoms. The van der Waals surface area contributed by atoms with Crippen LogP contribution >= 0.6 is 11.8 Å². The van der Waals surface area contributed by atoms with E-state index >= 15 is 0 Å². The zero-order chi connectivity index (χ0) is 42.3. The first kappa shape index (κ1) is 42.7. The smallest absolute Gasteiger partial charge is 0.308 e. The van der Waals surface area contributed by atoms with E-state index < -0.39 is 5.97 Å². The summed E-state index contributed by atoms with van der Waals surface area (Å²) in [5, 5.41) is 7.17. The number of benzene rings is 2. The normalized spacial score (nSPS) is 24.7. The highest BCUT2D eigenvalue weighted by Gasteiger charge is 2.59. The first-order chi connectivity index (χ1) is 29.7. The van der Waals surface area contributed by atoms with E-state index in [4.69, 9.17) is 18.9 Å². The number of carbonyl (C=O) groups excluding carboxylic acids is 6. The number of thioether (sulfide) groups is 1. The van der Waals surface area contributed by atoms with Crippen molar-refractivity contribution in [2.24, 2.45) is 29.6 Å². The summed E-state index contributed by atoms with van der Waals surface area (Å²) in [5.74, 6) is 0.442. The summed E-state index contributed by atoms with van der Waals surface area (Å²) >= 11 is 1.93. The molecule has 2 aliphatic carbocycles. The van der Waals surface area contributed by atoms with E-state index in [2.05, 4.69) is 27.8 Å². The molecule has 0 radical (unpaired) electrons. The maximum atomic E-state index is 13.3. The van der Waals surface area contributed by atoms with Crippen molar-refractivity contribution in [1.82, 2.24) is 10.3 Å². The summed E-state index contributed by atoms with van der Waals surface area (Å²) in [5.41, 5.74) is 2.56. The molecule has 1 saturated carbocycles. The van der Waals surface area contributed by atoms with E-state index in [0.717, 1.165) is 36.0 Å². The van der Waals surface area contributed by atoms with E-state index in [1.807, 2.05) is 17.8 Å². The summed E-state index contributed by atoms with van der Waals surface area (Å²) in [6, 6.07) is 13.9. The molecular formula is C46H52N4O10S. The Kier molecular flexibility index (Phi) is 13.9. The number of carbonyl (C=O) groups is 6. The molecule has 4 heterocycles. The average Bonchev–Trinajstić information content (AvgIpc) is 4.09. The number of hydrogen-bond acceptors (Lipinski definition) is 12. The number of Topliss-reactive ketones (excluding diaryl/α,β-unsaturated/α-hetero) is 1. The van der Waals surface area contributed by atoms with Crippen LogP contribution in [0.3, 0.4) is 0 Å². The fraction of sp³-hybridized carbons (Fsp3) is 0.500. The van der Waals surface area contributed by atoms with Crippen LogP contribution in [-0.4, -0.2) is 97.1 Å². The summed E-state index contributed by atoms with van der Waals surface area (Å²) in [4.78, 5) is 81.9. The van der Waals surface area contributed by atoms with Crippen LogP contribution in [0.1, 0.15) is 67.3 Å². The molecule has 3 aromatic rings. The van der Waals surface area contributed by atoms with Crippen molar-refractivity contribution in [1.29, 1.82) is 0 Å². The Labute approximate surface area is 358 Å². The number of allylic oxidation sites excluding steroid dienone is 2. The molecule has 4 amide bonds. The molecule has 2 aromatic carbocycles. The van der Waals surface area contributed by atoms with Crippen LogP contribution in [0.25, 0.3) is 10.9 Å². The highest BCUT2D eigenvalue weighted by Crippen LogP contribution is 2.53. The van der Waals surface area contributed by atoms with Gasteiger partial charge in [-0.2, -0.15) is 11.8 Å². The molecule has 3 aliphatic heterocycles. The van der Waals surface area contributed by atoms with Crippen LogP contribution in [0.4, 0.5) is 11.4 Å². The predicted molar refractivity (Wildman–Crippen MR) is 228 cm³/mol. The van der Waals surface area contributed by atoms with Crippen molar-refractivity contribution in [3.05, 3.63) is 78.0 Å². The Hall–Kier alpha value is -4.96. The lowest BCUT2D eigenvalue weighted by molar-refractivity contribution is -0.146. The molecule has 0 spiro atoms. The topological polar surface area (TPSA) is 180 Å². The Morgan fingerprint density at radius 2 is 1.52 bits per heavy atom. The Morgan fingerprint density at radius 1 is 0.820 bits per heavy atom. The largest absolute Gasteiger partial charge is 0.461 e. The summed E-state index contributed by atoms with van der Waals surface area (Å²) < 4.78 is 22.2. The molecule has 15 heteroatoms. The monoisotopic (exact) mass is 852 g/mol. The summed E-state index contributed by atoms with van der Waals surface area (Å²) in [6.45, 7) is 2.20. The number of nitrogens with one attached hydrogen (secondary N) is 2.